The average Bonchev–Trinajstić information content (AvgIpc) is 2.73. The third-order valence-corrected chi connectivity index (χ3v) is 3.69. The molecule has 106 valence electrons. The van der Waals surface area contributed by atoms with Gasteiger partial charge >= 0.3 is 0 Å². The lowest BCUT2D eigenvalue weighted by Gasteiger charge is -2.15. The van der Waals surface area contributed by atoms with E-state index in [4.69, 9.17) is 17.3 Å². The van der Waals surface area contributed by atoms with Crippen LogP contribution in [-0.2, 0) is 4.79 Å². The highest BCUT2D eigenvalue weighted by Gasteiger charge is 2.17. The summed E-state index contributed by atoms with van der Waals surface area (Å²) in [6.07, 6.45) is 1.67. The van der Waals surface area contributed by atoms with Gasteiger partial charge < -0.3 is 15.6 Å². The number of amides is 1. The maximum Gasteiger partial charge on any atom is 0.247 e. The number of anilines is 2. The molecule has 20 heavy (non-hydrogen) atoms. The molecule has 0 aliphatic heterocycles. The predicted molar refractivity (Wildman–Crippen MR) is 80.9 cm³/mol. The summed E-state index contributed by atoms with van der Waals surface area (Å²) >= 11 is 5.85. The number of hydrogen-bond acceptors (Lipinski definition) is 3. The minimum absolute atomic E-state index is 0.132. The molecule has 0 bridgehead atoms. The molecular weight excluding hydrogens is 276 g/mol. The lowest BCUT2D eigenvalue weighted by atomic mass is 10.2. The Kier molecular flexibility index (Phi) is 3.99. The fourth-order valence-electron chi connectivity index (χ4n) is 1.90. The van der Waals surface area contributed by atoms with Crippen molar-refractivity contribution in [2.24, 2.45) is 0 Å². The van der Waals surface area contributed by atoms with Crippen molar-refractivity contribution < 1.29 is 4.79 Å². The molecule has 1 atom stereocenters. The number of carbonyl (C=O) groups is 1. The second-order valence-electron chi connectivity index (χ2n) is 4.72. The van der Waals surface area contributed by atoms with Crippen LogP contribution in [-0.4, -0.2) is 15.5 Å². The van der Waals surface area contributed by atoms with Gasteiger partial charge in [-0.2, -0.15) is 0 Å². The van der Waals surface area contributed by atoms with Crippen LogP contribution in [0.4, 0.5) is 11.4 Å². The molecule has 0 aliphatic rings. The number of hydrogen-bond donors (Lipinski definition) is 2. The van der Waals surface area contributed by atoms with Crippen molar-refractivity contribution in [3.63, 3.8) is 0 Å². The Labute approximate surface area is 122 Å². The Morgan fingerprint density at radius 2 is 2.15 bits per heavy atom. The summed E-state index contributed by atoms with van der Waals surface area (Å²) in [7, 11) is 0. The lowest BCUT2D eigenvalue weighted by molar-refractivity contribution is -0.118. The van der Waals surface area contributed by atoms with E-state index >= 15 is 0 Å². The van der Waals surface area contributed by atoms with Crippen LogP contribution < -0.4 is 11.1 Å². The monoisotopic (exact) mass is 292 g/mol. The number of nitrogens with zero attached hydrogens (tertiary/aromatic N) is 2. The number of carbonyl (C=O) groups excluding carboxylic acids is 1. The van der Waals surface area contributed by atoms with Gasteiger partial charge in [0.2, 0.25) is 5.91 Å². The van der Waals surface area contributed by atoms with Crippen LogP contribution in [0.1, 0.15) is 24.4 Å². The summed E-state index contributed by atoms with van der Waals surface area (Å²) in [6.45, 7) is 5.67. The maximum atomic E-state index is 12.2. The van der Waals surface area contributed by atoms with Crippen LogP contribution in [0.25, 0.3) is 0 Å². The first-order chi connectivity index (χ1) is 9.40. The third kappa shape index (κ3) is 2.77. The van der Waals surface area contributed by atoms with Crippen molar-refractivity contribution in [3.05, 3.63) is 40.9 Å². The quantitative estimate of drug-likeness (QED) is 0.854. The van der Waals surface area contributed by atoms with E-state index in [1.807, 2.05) is 25.3 Å². The highest BCUT2D eigenvalue weighted by molar-refractivity contribution is 6.33. The van der Waals surface area contributed by atoms with Gasteiger partial charge in [-0.3, -0.25) is 4.79 Å². The van der Waals surface area contributed by atoms with Crippen LogP contribution in [0.5, 0.6) is 0 Å². The van der Waals surface area contributed by atoms with Gasteiger partial charge in [0.1, 0.15) is 6.04 Å². The summed E-state index contributed by atoms with van der Waals surface area (Å²) in [5.74, 6) is -0.132. The molecule has 0 saturated carbocycles. The van der Waals surface area contributed by atoms with Crippen molar-refractivity contribution >= 4 is 28.9 Å². The Morgan fingerprint density at radius 3 is 2.70 bits per heavy atom. The molecule has 2 aromatic rings. The number of rotatable bonds is 3. The van der Waals surface area contributed by atoms with Crippen molar-refractivity contribution in [3.8, 4) is 0 Å². The second kappa shape index (κ2) is 5.54. The maximum absolute atomic E-state index is 12.2. The van der Waals surface area contributed by atoms with E-state index in [0.717, 1.165) is 11.4 Å². The fourth-order valence-corrected chi connectivity index (χ4v) is 2.02. The van der Waals surface area contributed by atoms with Crippen molar-refractivity contribution in [2.75, 3.05) is 11.1 Å². The van der Waals surface area contributed by atoms with Crippen LogP contribution in [0, 0.1) is 13.8 Å². The fraction of sp³-hybridized carbons (Fsp3) is 0.286. The molecule has 1 heterocycles. The molecule has 0 fully saturated rings. The average molecular weight is 293 g/mol. The highest BCUT2D eigenvalue weighted by atomic mass is 35.5. The molecule has 3 N–H and O–H groups in total. The number of halogens is 1. The smallest absolute Gasteiger partial charge is 0.247 e. The minimum Gasteiger partial charge on any atom is -0.397 e. The Bertz CT molecular complexity index is 651. The van der Waals surface area contributed by atoms with Gasteiger partial charge in [-0.05, 0) is 39.0 Å². The van der Waals surface area contributed by atoms with Gasteiger partial charge in [-0.1, -0.05) is 11.6 Å². The Hall–Kier alpha value is -2.01. The molecule has 1 amide bonds. The predicted octanol–water partition coefficient (Wildman–Crippen LogP) is 2.94. The zero-order chi connectivity index (χ0) is 14.9. The molecule has 5 nitrogen and oxygen atoms in total. The molecule has 0 radical (unpaired) electrons. The Morgan fingerprint density at radius 1 is 1.45 bits per heavy atom. The summed E-state index contributed by atoms with van der Waals surface area (Å²) in [4.78, 5) is 16.4. The van der Waals surface area contributed by atoms with E-state index in [1.54, 1.807) is 24.5 Å². The first kappa shape index (κ1) is 14.4. The molecular formula is C14H17ClN4O. The van der Waals surface area contributed by atoms with Crippen LogP contribution in [0.2, 0.25) is 5.02 Å². The standard InChI is InChI=1S/C14H17ClN4O/c1-8-9(2)19(7-17-8)10(3)14(20)18-11-4-5-12(15)13(16)6-11/h4-7,10H,16H2,1-3H3,(H,18,20). The molecule has 1 aromatic heterocycles. The van der Waals surface area contributed by atoms with Crippen molar-refractivity contribution in [1.82, 2.24) is 9.55 Å². The molecule has 0 spiro atoms. The highest BCUT2D eigenvalue weighted by Crippen LogP contribution is 2.23. The summed E-state index contributed by atoms with van der Waals surface area (Å²) in [5.41, 5.74) is 8.67. The zero-order valence-electron chi connectivity index (χ0n) is 11.6. The van der Waals surface area contributed by atoms with Crippen molar-refractivity contribution in [2.45, 2.75) is 26.8 Å². The third-order valence-electron chi connectivity index (χ3n) is 3.35. The van der Waals surface area contributed by atoms with Gasteiger partial charge in [0.25, 0.3) is 0 Å². The Balaban J connectivity index is 2.15. The van der Waals surface area contributed by atoms with Gasteiger partial charge in [0.05, 0.1) is 22.7 Å². The molecule has 1 aromatic carbocycles. The largest absolute Gasteiger partial charge is 0.397 e. The number of nitrogens with two attached hydrogens (primary N) is 1. The number of aryl methyl sites for hydroxylation is 1. The van der Waals surface area contributed by atoms with Crippen LogP contribution in [0.3, 0.4) is 0 Å². The zero-order valence-corrected chi connectivity index (χ0v) is 12.4. The van der Waals surface area contributed by atoms with Crippen molar-refractivity contribution in [1.29, 1.82) is 0 Å². The number of aromatic nitrogens is 2. The number of nitrogen functional groups attached to an aromatic ring is 1. The molecule has 1 unspecified atom stereocenters. The topological polar surface area (TPSA) is 72.9 Å². The van der Waals surface area contributed by atoms with E-state index in [-0.39, 0.29) is 11.9 Å². The second-order valence-corrected chi connectivity index (χ2v) is 5.13. The molecule has 6 heteroatoms. The first-order valence-corrected chi connectivity index (χ1v) is 6.64. The number of benzene rings is 1. The normalized spacial score (nSPS) is 12.2. The van der Waals surface area contributed by atoms with Crippen LogP contribution >= 0.6 is 11.6 Å². The summed E-state index contributed by atoms with van der Waals surface area (Å²) < 4.78 is 1.84. The SMILES string of the molecule is Cc1ncn(C(C)C(=O)Nc2ccc(Cl)c(N)c2)c1C. The minimum atomic E-state index is -0.354. The van der Waals surface area contributed by atoms with E-state index in [2.05, 4.69) is 10.3 Å². The lowest BCUT2D eigenvalue weighted by Crippen LogP contribution is -2.24. The van der Waals surface area contributed by atoms with E-state index in [1.165, 1.54) is 0 Å². The van der Waals surface area contributed by atoms with E-state index in [0.29, 0.717) is 16.4 Å². The number of nitrogens with one attached hydrogen (secondary N) is 1. The van der Waals surface area contributed by atoms with Gasteiger partial charge in [-0.15, -0.1) is 0 Å². The van der Waals surface area contributed by atoms with Gasteiger partial charge in [-0.25, -0.2) is 4.98 Å². The molecule has 0 aliphatic carbocycles. The molecule has 2 rings (SSSR count). The van der Waals surface area contributed by atoms with E-state index in [9.17, 15) is 4.79 Å². The van der Waals surface area contributed by atoms with E-state index < -0.39 is 0 Å². The van der Waals surface area contributed by atoms with Gasteiger partial charge in [0, 0.05) is 11.4 Å². The summed E-state index contributed by atoms with van der Waals surface area (Å²) in [6, 6.07) is 4.66. The summed E-state index contributed by atoms with van der Waals surface area (Å²) in [5, 5.41) is 3.29. The van der Waals surface area contributed by atoms with Gasteiger partial charge in [0.15, 0.2) is 0 Å². The number of imidazole rings is 1. The first-order valence-electron chi connectivity index (χ1n) is 6.26. The molecule has 0 saturated heterocycles. The van der Waals surface area contributed by atoms with Crippen LogP contribution in [0.15, 0.2) is 24.5 Å².